The van der Waals surface area contributed by atoms with E-state index in [1.54, 1.807) is 6.92 Å². The van der Waals surface area contributed by atoms with Crippen molar-refractivity contribution in [3.63, 3.8) is 0 Å². The number of nitrogens with zero attached hydrogens (tertiary/aromatic N) is 5. The molecule has 0 saturated carbocycles. The van der Waals surface area contributed by atoms with E-state index in [4.69, 9.17) is 0 Å². The first kappa shape index (κ1) is 17.0. The van der Waals surface area contributed by atoms with Crippen LogP contribution in [-0.4, -0.2) is 51.0 Å². The first-order valence-electron chi connectivity index (χ1n) is 9.11. The van der Waals surface area contributed by atoms with E-state index < -0.39 is 0 Å². The van der Waals surface area contributed by atoms with Crippen molar-refractivity contribution in [2.75, 3.05) is 24.5 Å². The molecule has 4 heterocycles. The van der Waals surface area contributed by atoms with Crippen LogP contribution in [0.2, 0.25) is 0 Å². The number of aryl methyl sites for hydroxylation is 3. The topological polar surface area (TPSA) is 54.3 Å². The van der Waals surface area contributed by atoms with Gasteiger partial charge in [0, 0.05) is 38.6 Å². The summed E-state index contributed by atoms with van der Waals surface area (Å²) in [5.41, 5.74) is 2.15. The molecule has 2 atom stereocenters. The van der Waals surface area contributed by atoms with Gasteiger partial charge in [-0.05, 0) is 38.7 Å². The van der Waals surface area contributed by atoms with Crippen LogP contribution in [0.5, 0.6) is 0 Å². The Bertz CT molecular complexity index is 829. The monoisotopic (exact) mass is 357 g/mol. The minimum absolute atomic E-state index is 0.0737. The van der Waals surface area contributed by atoms with Crippen LogP contribution >= 0.6 is 0 Å². The number of aromatic nitrogens is 3. The smallest absolute Gasteiger partial charge is 0.255 e. The van der Waals surface area contributed by atoms with Crippen molar-refractivity contribution in [1.29, 1.82) is 0 Å². The lowest BCUT2D eigenvalue weighted by molar-refractivity contribution is 0.0575. The number of rotatable bonds is 2. The molecular formula is C19H24FN5O. The lowest BCUT2D eigenvalue weighted by Gasteiger charge is -2.36. The lowest BCUT2D eigenvalue weighted by atomic mass is 9.91. The Hall–Kier alpha value is -2.44. The molecule has 2 fully saturated rings. The Balaban J connectivity index is 1.58. The minimum atomic E-state index is -0.359. The highest BCUT2D eigenvalue weighted by atomic mass is 19.1. The first-order chi connectivity index (χ1) is 12.5. The van der Waals surface area contributed by atoms with E-state index in [0.29, 0.717) is 24.0 Å². The molecular weight excluding hydrogens is 333 g/mol. The molecule has 2 aliphatic rings. The molecule has 0 aromatic carbocycles. The van der Waals surface area contributed by atoms with Crippen LogP contribution < -0.4 is 4.90 Å². The fraction of sp³-hybridized carbons (Fsp3) is 0.526. The molecule has 1 amide bonds. The summed E-state index contributed by atoms with van der Waals surface area (Å²) in [5, 5.41) is 0. The maximum absolute atomic E-state index is 14.4. The molecule has 138 valence electrons. The van der Waals surface area contributed by atoms with Crippen molar-refractivity contribution >= 4 is 11.7 Å². The number of halogens is 1. The summed E-state index contributed by atoms with van der Waals surface area (Å²) in [4.78, 5) is 25.1. The van der Waals surface area contributed by atoms with Crippen molar-refractivity contribution in [2.45, 2.75) is 32.7 Å². The van der Waals surface area contributed by atoms with Gasteiger partial charge in [0.05, 0.1) is 17.3 Å². The molecule has 0 unspecified atom stereocenters. The van der Waals surface area contributed by atoms with E-state index in [-0.39, 0.29) is 17.8 Å². The fourth-order valence-electron chi connectivity index (χ4n) is 4.23. The zero-order valence-electron chi connectivity index (χ0n) is 15.4. The van der Waals surface area contributed by atoms with Gasteiger partial charge in [-0.15, -0.1) is 0 Å². The fourth-order valence-corrected chi connectivity index (χ4v) is 4.23. The second-order valence-electron chi connectivity index (χ2n) is 7.45. The highest BCUT2D eigenvalue weighted by molar-refractivity contribution is 5.94. The molecule has 2 aliphatic heterocycles. The standard InChI is InChI=1S/C19H24FN5O/c1-12-7-15(8-23(12)3)19(26)25-6-4-5-14-9-24(10-16(14)25)18-17(20)13(2)21-11-22-18/h7-8,11,14,16H,4-6,9-10H2,1-3H3/t14-,16+/m0/s1. The number of carbonyl (C=O) groups excluding carboxylic acids is 1. The Kier molecular flexibility index (Phi) is 4.17. The van der Waals surface area contributed by atoms with Crippen LogP contribution in [0, 0.1) is 25.6 Å². The predicted octanol–water partition coefficient (Wildman–Crippen LogP) is 2.31. The molecule has 0 bridgehead atoms. The summed E-state index contributed by atoms with van der Waals surface area (Å²) in [6.07, 6.45) is 5.34. The molecule has 26 heavy (non-hydrogen) atoms. The van der Waals surface area contributed by atoms with Gasteiger partial charge in [-0.3, -0.25) is 4.79 Å². The van der Waals surface area contributed by atoms with Crippen molar-refractivity contribution in [3.8, 4) is 0 Å². The van der Waals surface area contributed by atoms with Crippen molar-refractivity contribution in [1.82, 2.24) is 19.4 Å². The molecule has 6 nitrogen and oxygen atoms in total. The number of hydrogen-bond donors (Lipinski definition) is 0. The second kappa shape index (κ2) is 6.37. The average molecular weight is 357 g/mol. The van der Waals surface area contributed by atoms with Crippen LogP contribution in [0.1, 0.15) is 34.6 Å². The third-order valence-electron chi connectivity index (χ3n) is 5.79. The Morgan fingerprint density at radius 1 is 1.27 bits per heavy atom. The number of fused-ring (bicyclic) bond motifs is 1. The summed E-state index contributed by atoms with van der Waals surface area (Å²) in [6.45, 7) is 5.75. The molecule has 7 heteroatoms. The zero-order chi connectivity index (χ0) is 18.4. The van der Waals surface area contributed by atoms with Gasteiger partial charge in [0.1, 0.15) is 6.33 Å². The van der Waals surface area contributed by atoms with Crippen LogP contribution in [0.25, 0.3) is 0 Å². The quantitative estimate of drug-likeness (QED) is 0.828. The van der Waals surface area contributed by atoms with Gasteiger partial charge in [-0.1, -0.05) is 0 Å². The van der Waals surface area contributed by atoms with E-state index in [2.05, 4.69) is 9.97 Å². The molecule has 0 aliphatic carbocycles. The molecule has 2 aromatic heterocycles. The first-order valence-corrected chi connectivity index (χ1v) is 9.11. The largest absolute Gasteiger partial charge is 0.354 e. The molecule has 0 spiro atoms. The third-order valence-corrected chi connectivity index (χ3v) is 5.79. The maximum atomic E-state index is 14.4. The third kappa shape index (κ3) is 2.75. The number of carbonyl (C=O) groups is 1. The number of piperidine rings is 1. The van der Waals surface area contributed by atoms with Gasteiger partial charge < -0.3 is 14.4 Å². The SMILES string of the molecule is Cc1ncnc(N2C[C@@H]3CCCN(C(=O)c4cc(C)n(C)c4)[C@@H]3C2)c1F. The normalized spacial score (nSPS) is 22.6. The Morgan fingerprint density at radius 2 is 2.08 bits per heavy atom. The van der Waals surface area contributed by atoms with Gasteiger partial charge >= 0.3 is 0 Å². The predicted molar refractivity (Wildman–Crippen MR) is 96.6 cm³/mol. The van der Waals surface area contributed by atoms with E-state index >= 15 is 0 Å². The maximum Gasteiger partial charge on any atom is 0.255 e. The summed E-state index contributed by atoms with van der Waals surface area (Å²) in [7, 11) is 1.95. The van der Waals surface area contributed by atoms with E-state index in [1.807, 2.05) is 40.6 Å². The van der Waals surface area contributed by atoms with Crippen LogP contribution in [-0.2, 0) is 7.05 Å². The van der Waals surface area contributed by atoms with Crippen LogP contribution in [0.15, 0.2) is 18.6 Å². The van der Waals surface area contributed by atoms with Gasteiger partial charge in [-0.25, -0.2) is 14.4 Å². The summed E-state index contributed by atoms with van der Waals surface area (Å²) >= 11 is 0. The lowest BCUT2D eigenvalue weighted by Crippen LogP contribution is -2.48. The highest BCUT2D eigenvalue weighted by Crippen LogP contribution is 2.34. The Morgan fingerprint density at radius 3 is 2.81 bits per heavy atom. The molecule has 2 saturated heterocycles. The van der Waals surface area contributed by atoms with Gasteiger partial charge in [0.15, 0.2) is 11.6 Å². The summed E-state index contributed by atoms with van der Waals surface area (Å²) < 4.78 is 16.4. The number of amides is 1. The van der Waals surface area contributed by atoms with Gasteiger partial charge in [-0.2, -0.15) is 0 Å². The van der Waals surface area contributed by atoms with Crippen LogP contribution in [0.3, 0.4) is 0 Å². The molecule has 2 aromatic rings. The average Bonchev–Trinajstić information content (AvgIpc) is 3.20. The van der Waals surface area contributed by atoms with Crippen molar-refractivity contribution in [3.05, 3.63) is 41.4 Å². The van der Waals surface area contributed by atoms with E-state index in [9.17, 15) is 9.18 Å². The summed E-state index contributed by atoms with van der Waals surface area (Å²) in [5.74, 6) is 0.425. The number of hydrogen-bond acceptors (Lipinski definition) is 4. The highest BCUT2D eigenvalue weighted by Gasteiger charge is 2.42. The number of anilines is 1. The zero-order valence-corrected chi connectivity index (χ0v) is 15.4. The molecule has 4 rings (SSSR count). The van der Waals surface area contributed by atoms with Gasteiger partial charge in [0.2, 0.25) is 0 Å². The van der Waals surface area contributed by atoms with E-state index in [1.165, 1.54) is 6.33 Å². The van der Waals surface area contributed by atoms with Crippen molar-refractivity contribution < 1.29 is 9.18 Å². The van der Waals surface area contributed by atoms with Crippen molar-refractivity contribution in [2.24, 2.45) is 13.0 Å². The summed E-state index contributed by atoms with van der Waals surface area (Å²) in [6, 6.07) is 2.04. The van der Waals surface area contributed by atoms with Crippen LogP contribution in [0.4, 0.5) is 10.2 Å². The van der Waals surface area contributed by atoms with Gasteiger partial charge in [0.25, 0.3) is 5.91 Å². The molecule has 0 radical (unpaired) electrons. The minimum Gasteiger partial charge on any atom is -0.354 e. The number of likely N-dealkylation sites (tertiary alicyclic amines) is 1. The molecule has 0 N–H and O–H groups in total. The Labute approximate surface area is 152 Å². The van der Waals surface area contributed by atoms with E-state index in [0.717, 1.165) is 37.2 Å². The second-order valence-corrected chi connectivity index (χ2v) is 7.45.